The summed E-state index contributed by atoms with van der Waals surface area (Å²) in [5, 5.41) is 4.42. The van der Waals surface area contributed by atoms with Crippen molar-refractivity contribution in [2.75, 3.05) is 7.05 Å². The van der Waals surface area contributed by atoms with Crippen LogP contribution in [0.3, 0.4) is 0 Å². The number of carbonyl (C=O) groups is 3. The van der Waals surface area contributed by atoms with E-state index in [1.807, 2.05) is 6.92 Å². The first-order valence-electron chi connectivity index (χ1n) is 6.81. The fourth-order valence-electron chi connectivity index (χ4n) is 1.99. The first kappa shape index (κ1) is 15.0. The van der Waals surface area contributed by atoms with Crippen LogP contribution in [-0.2, 0) is 14.3 Å². The third-order valence-electron chi connectivity index (χ3n) is 3.45. The molecule has 0 aromatic heterocycles. The summed E-state index contributed by atoms with van der Waals surface area (Å²) in [6.07, 6.45) is -0.346. The molecule has 2 rings (SSSR count). The molecule has 112 valence electrons. The maximum absolute atomic E-state index is 12.1. The second-order valence-corrected chi connectivity index (χ2v) is 5.12. The van der Waals surface area contributed by atoms with Crippen molar-refractivity contribution in [3.63, 3.8) is 0 Å². The molecule has 0 radical (unpaired) electrons. The molecule has 1 aliphatic carbocycles. The average molecular weight is 290 g/mol. The molecule has 1 aliphatic rings. The Bertz CT molecular complexity index is 544. The molecule has 0 saturated heterocycles. The van der Waals surface area contributed by atoms with E-state index in [0.29, 0.717) is 5.56 Å². The van der Waals surface area contributed by atoms with Gasteiger partial charge >= 0.3 is 12.0 Å². The lowest BCUT2D eigenvalue weighted by Gasteiger charge is -2.17. The van der Waals surface area contributed by atoms with Crippen molar-refractivity contribution in [2.24, 2.45) is 11.8 Å². The number of hydrogen-bond donors (Lipinski definition) is 2. The van der Waals surface area contributed by atoms with E-state index in [1.165, 1.54) is 7.05 Å². The monoisotopic (exact) mass is 290 g/mol. The highest BCUT2D eigenvalue weighted by atomic mass is 16.5. The zero-order chi connectivity index (χ0) is 15.4. The predicted octanol–water partition coefficient (Wildman–Crippen LogP) is 1.38. The normalized spacial score (nSPS) is 21.0. The summed E-state index contributed by atoms with van der Waals surface area (Å²) in [6.45, 7) is 1.95. The van der Waals surface area contributed by atoms with Gasteiger partial charge in [0.05, 0.1) is 5.92 Å². The van der Waals surface area contributed by atoms with Crippen molar-refractivity contribution in [3.05, 3.63) is 35.9 Å². The standard InChI is InChI=1S/C15H18N2O4/c1-9-8-11(9)14(19)21-12(10-6-4-3-5-7-10)13(18)17-15(20)16-2/h3-7,9,11-12H,8H2,1-2H3,(H2,16,17,18,20)/t9-,11+,12+/m1/s1. The van der Waals surface area contributed by atoms with Crippen molar-refractivity contribution in [1.82, 2.24) is 10.6 Å². The van der Waals surface area contributed by atoms with Gasteiger partial charge in [-0.05, 0) is 12.3 Å². The fraction of sp³-hybridized carbons (Fsp3) is 0.400. The molecule has 21 heavy (non-hydrogen) atoms. The molecule has 1 aromatic carbocycles. The number of urea groups is 1. The summed E-state index contributed by atoms with van der Waals surface area (Å²) in [6, 6.07) is 7.99. The van der Waals surface area contributed by atoms with Gasteiger partial charge in [0.25, 0.3) is 5.91 Å². The Morgan fingerprint density at radius 3 is 2.38 bits per heavy atom. The third-order valence-corrected chi connectivity index (χ3v) is 3.45. The van der Waals surface area contributed by atoms with Gasteiger partial charge in [-0.3, -0.25) is 14.9 Å². The second kappa shape index (κ2) is 6.39. The van der Waals surface area contributed by atoms with E-state index in [1.54, 1.807) is 30.3 Å². The summed E-state index contributed by atoms with van der Waals surface area (Å²) in [4.78, 5) is 35.3. The predicted molar refractivity (Wildman–Crippen MR) is 75.1 cm³/mol. The van der Waals surface area contributed by atoms with Gasteiger partial charge in [0, 0.05) is 12.6 Å². The molecule has 1 fully saturated rings. The highest BCUT2D eigenvalue weighted by Gasteiger charge is 2.42. The van der Waals surface area contributed by atoms with Crippen molar-refractivity contribution < 1.29 is 19.1 Å². The van der Waals surface area contributed by atoms with Crippen molar-refractivity contribution >= 4 is 17.9 Å². The lowest BCUT2D eigenvalue weighted by atomic mass is 10.1. The molecule has 0 unspecified atom stereocenters. The molecule has 1 aromatic rings. The van der Waals surface area contributed by atoms with Gasteiger partial charge in [0.2, 0.25) is 6.10 Å². The van der Waals surface area contributed by atoms with E-state index >= 15 is 0 Å². The quantitative estimate of drug-likeness (QED) is 0.821. The van der Waals surface area contributed by atoms with Crippen LogP contribution < -0.4 is 10.6 Å². The minimum absolute atomic E-state index is 0.149. The van der Waals surface area contributed by atoms with Crippen molar-refractivity contribution in [3.8, 4) is 0 Å². The van der Waals surface area contributed by atoms with Crippen LogP contribution in [-0.4, -0.2) is 25.0 Å². The van der Waals surface area contributed by atoms with Gasteiger partial charge in [-0.25, -0.2) is 4.79 Å². The summed E-state index contributed by atoms with van der Waals surface area (Å²) >= 11 is 0. The van der Waals surface area contributed by atoms with Crippen molar-refractivity contribution in [2.45, 2.75) is 19.4 Å². The number of nitrogens with one attached hydrogen (secondary N) is 2. The molecule has 6 heteroatoms. The summed E-state index contributed by atoms with van der Waals surface area (Å²) in [7, 11) is 1.40. The fourth-order valence-corrected chi connectivity index (χ4v) is 1.99. The Balaban J connectivity index is 2.12. The van der Waals surface area contributed by atoms with Crippen LogP contribution in [0.25, 0.3) is 0 Å². The van der Waals surface area contributed by atoms with E-state index in [2.05, 4.69) is 10.6 Å². The smallest absolute Gasteiger partial charge is 0.321 e. The Morgan fingerprint density at radius 1 is 1.24 bits per heavy atom. The van der Waals surface area contributed by atoms with Gasteiger partial charge in [-0.15, -0.1) is 0 Å². The topological polar surface area (TPSA) is 84.5 Å². The summed E-state index contributed by atoms with van der Waals surface area (Å²) in [5.41, 5.74) is 0.528. The van der Waals surface area contributed by atoms with E-state index in [4.69, 9.17) is 4.74 Å². The molecule has 2 N–H and O–H groups in total. The van der Waals surface area contributed by atoms with Crippen LogP contribution >= 0.6 is 0 Å². The molecule has 1 saturated carbocycles. The average Bonchev–Trinajstić information content (AvgIpc) is 3.22. The number of carbonyl (C=O) groups excluding carboxylic acids is 3. The number of amides is 3. The molecule has 0 bridgehead atoms. The minimum atomic E-state index is -1.12. The molecule has 6 nitrogen and oxygen atoms in total. The van der Waals surface area contributed by atoms with E-state index in [0.717, 1.165) is 6.42 Å². The summed E-state index contributed by atoms with van der Waals surface area (Å²) in [5.74, 6) is -0.925. The lowest BCUT2D eigenvalue weighted by Crippen LogP contribution is -2.41. The largest absolute Gasteiger partial charge is 0.447 e. The van der Waals surface area contributed by atoms with Gasteiger partial charge in [0.15, 0.2) is 0 Å². The summed E-state index contributed by atoms with van der Waals surface area (Å²) < 4.78 is 5.31. The lowest BCUT2D eigenvalue weighted by molar-refractivity contribution is -0.157. The minimum Gasteiger partial charge on any atom is -0.447 e. The molecule has 3 amide bonds. The van der Waals surface area contributed by atoms with E-state index in [-0.39, 0.29) is 11.8 Å². The van der Waals surface area contributed by atoms with Crippen LogP contribution in [0.15, 0.2) is 30.3 Å². The number of rotatable bonds is 4. The Hall–Kier alpha value is -2.37. The molecule has 3 atom stereocenters. The van der Waals surface area contributed by atoms with Gasteiger partial charge in [-0.2, -0.15) is 0 Å². The SMILES string of the molecule is CNC(=O)NC(=O)[C@@H](OC(=O)[C@H]1C[C@H]1C)c1ccccc1. The second-order valence-electron chi connectivity index (χ2n) is 5.12. The van der Waals surface area contributed by atoms with Crippen LogP contribution in [0.2, 0.25) is 0 Å². The highest BCUT2D eigenvalue weighted by molar-refractivity contribution is 5.97. The van der Waals surface area contributed by atoms with E-state index < -0.39 is 24.0 Å². The zero-order valence-corrected chi connectivity index (χ0v) is 12.0. The molecule has 0 heterocycles. The Kier molecular flexibility index (Phi) is 4.57. The number of esters is 1. The van der Waals surface area contributed by atoms with Crippen LogP contribution in [0.4, 0.5) is 4.79 Å². The van der Waals surface area contributed by atoms with Gasteiger partial charge in [-0.1, -0.05) is 37.3 Å². The van der Waals surface area contributed by atoms with E-state index in [9.17, 15) is 14.4 Å². The maximum atomic E-state index is 12.1. The molecular weight excluding hydrogens is 272 g/mol. The molecule has 0 aliphatic heterocycles. The van der Waals surface area contributed by atoms with Crippen LogP contribution in [0.5, 0.6) is 0 Å². The molecular formula is C15H18N2O4. The molecule has 0 spiro atoms. The highest BCUT2D eigenvalue weighted by Crippen LogP contribution is 2.39. The van der Waals surface area contributed by atoms with Crippen molar-refractivity contribution in [1.29, 1.82) is 0 Å². The Morgan fingerprint density at radius 2 is 1.86 bits per heavy atom. The number of hydrogen-bond acceptors (Lipinski definition) is 4. The first-order valence-corrected chi connectivity index (χ1v) is 6.81. The maximum Gasteiger partial charge on any atom is 0.321 e. The number of benzene rings is 1. The van der Waals surface area contributed by atoms with Gasteiger partial charge < -0.3 is 10.1 Å². The number of ether oxygens (including phenoxy) is 1. The van der Waals surface area contributed by atoms with Crippen LogP contribution in [0, 0.1) is 11.8 Å². The third kappa shape index (κ3) is 3.81. The first-order chi connectivity index (χ1) is 10.0. The van der Waals surface area contributed by atoms with Crippen LogP contribution in [0.1, 0.15) is 25.0 Å². The zero-order valence-electron chi connectivity index (χ0n) is 12.0. The van der Waals surface area contributed by atoms with Gasteiger partial charge in [0.1, 0.15) is 0 Å². The Labute approximate surface area is 122 Å². The number of imide groups is 1.